The van der Waals surface area contributed by atoms with E-state index in [0.29, 0.717) is 19.0 Å². The van der Waals surface area contributed by atoms with Crippen molar-refractivity contribution in [1.29, 1.82) is 0 Å². The van der Waals surface area contributed by atoms with Crippen LogP contribution in [0.1, 0.15) is 28.9 Å². The van der Waals surface area contributed by atoms with E-state index in [1.807, 2.05) is 48.9 Å². The number of guanidine groups is 1. The van der Waals surface area contributed by atoms with Crippen LogP contribution in [0.4, 0.5) is 13.2 Å². The van der Waals surface area contributed by atoms with E-state index in [1.165, 1.54) is 7.05 Å². The molecule has 0 atom stereocenters. The number of benzene rings is 1. The fraction of sp³-hybridized carbons (Fsp3) is 0.444. The van der Waals surface area contributed by atoms with Gasteiger partial charge in [0, 0.05) is 31.4 Å². The normalized spacial score (nSPS) is 12.3. The predicted molar refractivity (Wildman–Crippen MR) is 96.1 cm³/mol. The Morgan fingerprint density at radius 3 is 2.46 bits per heavy atom. The summed E-state index contributed by atoms with van der Waals surface area (Å²) < 4.78 is 38.6. The smallest absolute Gasteiger partial charge is 0.356 e. The van der Waals surface area contributed by atoms with E-state index in [1.54, 1.807) is 0 Å². The lowest BCUT2D eigenvalue weighted by Crippen LogP contribution is -2.38. The molecular weight excluding hydrogens is 343 g/mol. The zero-order valence-corrected chi connectivity index (χ0v) is 15.2. The van der Waals surface area contributed by atoms with Gasteiger partial charge in [-0.2, -0.15) is 18.3 Å². The molecule has 2 aromatic rings. The van der Waals surface area contributed by atoms with Gasteiger partial charge in [0.25, 0.3) is 0 Å². The second-order valence-corrected chi connectivity index (χ2v) is 6.01. The molecule has 142 valence electrons. The van der Waals surface area contributed by atoms with E-state index in [4.69, 9.17) is 0 Å². The molecule has 26 heavy (non-hydrogen) atoms. The van der Waals surface area contributed by atoms with Gasteiger partial charge in [-0.3, -0.25) is 9.67 Å². The van der Waals surface area contributed by atoms with E-state index >= 15 is 0 Å². The Labute approximate surface area is 151 Å². The summed E-state index contributed by atoms with van der Waals surface area (Å²) >= 11 is 0. The number of rotatable bonds is 6. The summed E-state index contributed by atoms with van der Waals surface area (Å²) in [5.41, 5.74) is 4.07. The van der Waals surface area contributed by atoms with Crippen LogP contribution >= 0.6 is 0 Å². The first kappa shape index (κ1) is 19.8. The maximum absolute atomic E-state index is 12.2. The number of nitrogens with one attached hydrogen (secondary N) is 2. The summed E-state index contributed by atoms with van der Waals surface area (Å²) in [6.45, 7) is 4.81. The number of aromatic nitrogens is 2. The summed E-state index contributed by atoms with van der Waals surface area (Å²) in [4.78, 5) is 3.96. The number of hydrogen-bond donors (Lipinski definition) is 2. The molecule has 5 nitrogen and oxygen atoms in total. The van der Waals surface area contributed by atoms with E-state index < -0.39 is 12.6 Å². The summed E-state index contributed by atoms with van der Waals surface area (Å²) in [6.07, 6.45) is -5.08. The SMILES string of the molecule is CN=C(NCCC(F)(F)F)NCc1c(C)nn(Cc2ccccc2)c1C. The average molecular weight is 367 g/mol. The molecule has 1 aromatic carbocycles. The lowest BCUT2D eigenvalue weighted by Gasteiger charge is -2.13. The third-order valence-corrected chi connectivity index (χ3v) is 4.06. The Morgan fingerprint density at radius 1 is 1.15 bits per heavy atom. The molecule has 0 radical (unpaired) electrons. The van der Waals surface area contributed by atoms with Crippen molar-refractivity contribution in [3.8, 4) is 0 Å². The van der Waals surface area contributed by atoms with Crippen molar-refractivity contribution in [1.82, 2.24) is 20.4 Å². The van der Waals surface area contributed by atoms with Crippen LogP contribution in [0, 0.1) is 13.8 Å². The molecule has 1 aromatic heterocycles. The molecule has 8 heteroatoms. The van der Waals surface area contributed by atoms with E-state index in [-0.39, 0.29) is 6.54 Å². The molecule has 2 rings (SSSR count). The molecule has 0 bridgehead atoms. The van der Waals surface area contributed by atoms with E-state index in [2.05, 4.69) is 20.7 Å². The summed E-state index contributed by atoms with van der Waals surface area (Å²) in [5.74, 6) is 0.337. The minimum Gasteiger partial charge on any atom is -0.356 e. The number of halogens is 3. The Kier molecular flexibility index (Phi) is 6.65. The zero-order chi connectivity index (χ0) is 19.2. The molecular formula is C18H24F3N5. The van der Waals surface area contributed by atoms with Crippen LogP contribution in [0.5, 0.6) is 0 Å². The first-order valence-corrected chi connectivity index (χ1v) is 8.38. The summed E-state index contributed by atoms with van der Waals surface area (Å²) in [7, 11) is 1.53. The van der Waals surface area contributed by atoms with Gasteiger partial charge in [0.15, 0.2) is 5.96 Å². The molecule has 0 saturated heterocycles. The second kappa shape index (κ2) is 8.73. The van der Waals surface area contributed by atoms with Crippen LogP contribution in [0.15, 0.2) is 35.3 Å². The van der Waals surface area contributed by atoms with Crippen molar-refractivity contribution >= 4 is 5.96 Å². The van der Waals surface area contributed by atoms with Crippen LogP contribution in [-0.2, 0) is 13.1 Å². The first-order valence-electron chi connectivity index (χ1n) is 8.38. The number of hydrogen-bond acceptors (Lipinski definition) is 2. The maximum Gasteiger partial charge on any atom is 0.390 e. The highest BCUT2D eigenvalue weighted by molar-refractivity contribution is 5.79. The molecule has 0 saturated carbocycles. The van der Waals surface area contributed by atoms with Crippen LogP contribution in [0.25, 0.3) is 0 Å². The van der Waals surface area contributed by atoms with Crippen LogP contribution < -0.4 is 10.6 Å². The Bertz CT molecular complexity index is 735. The van der Waals surface area contributed by atoms with Crippen molar-refractivity contribution in [2.24, 2.45) is 4.99 Å². The molecule has 0 aliphatic heterocycles. The van der Waals surface area contributed by atoms with Gasteiger partial charge < -0.3 is 10.6 Å². The fourth-order valence-corrected chi connectivity index (χ4v) is 2.62. The van der Waals surface area contributed by atoms with Crippen molar-refractivity contribution < 1.29 is 13.2 Å². The third kappa shape index (κ3) is 5.79. The summed E-state index contributed by atoms with van der Waals surface area (Å²) in [5, 5.41) is 10.3. The van der Waals surface area contributed by atoms with E-state index in [9.17, 15) is 13.2 Å². The quantitative estimate of drug-likeness (QED) is 0.609. The van der Waals surface area contributed by atoms with Gasteiger partial charge in [-0.05, 0) is 19.4 Å². The molecule has 0 aliphatic rings. The molecule has 0 unspecified atom stereocenters. The standard InChI is InChI=1S/C18H24F3N5/c1-13-16(11-24-17(22-3)23-10-9-18(19,20)21)14(2)26(25-13)12-15-7-5-4-6-8-15/h4-8H,9-12H2,1-3H3,(H2,22,23,24). The number of aliphatic imine (C=N–C) groups is 1. The molecule has 2 N–H and O–H groups in total. The topological polar surface area (TPSA) is 54.2 Å². The molecule has 0 spiro atoms. The Morgan fingerprint density at radius 2 is 1.85 bits per heavy atom. The van der Waals surface area contributed by atoms with Gasteiger partial charge in [-0.25, -0.2) is 0 Å². The third-order valence-electron chi connectivity index (χ3n) is 4.06. The average Bonchev–Trinajstić information content (AvgIpc) is 2.84. The molecule has 1 heterocycles. The number of nitrogens with zero attached hydrogens (tertiary/aromatic N) is 3. The minimum atomic E-state index is -4.18. The molecule has 0 aliphatic carbocycles. The van der Waals surface area contributed by atoms with Crippen molar-refractivity contribution in [3.63, 3.8) is 0 Å². The first-order chi connectivity index (χ1) is 12.3. The Hall–Kier alpha value is -2.51. The zero-order valence-electron chi connectivity index (χ0n) is 15.2. The lowest BCUT2D eigenvalue weighted by atomic mass is 10.2. The van der Waals surface area contributed by atoms with Crippen LogP contribution in [0.3, 0.4) is 0 Å². The largest absolute Gasteiger partial charge is 0.390 e. The highest BCUT2D eigenvalue weighted by Crippen LogP contribution is 2.18. The monoisotopic (exact) mass is 367 g/mol. The van der Waals surface area contributed by atoms with Crippen molar-refractivity contribution in [2.45, 2.75) is 39.5 Å². The van der Waals surface area contributed by atoms with Gasteiger partial charge in [0.2, 0.25) is 0 Å². The van der Waals surface area contributed by atoms with Crippen LogP contribution in [0.2, 0.25) is 0 Å². The predicted octanol–water partition coefficient (Wildman–Crippen LogP) is 3.17. The number of alkyl halides is 3. The van der Waals surface area contributed by atoms with Gasteiger partial charge >= 0.3 is 6.18 Å². The Balaban J connectivity index is 1.96. The highest BCUT2D eigenvalue weighted by atomic mass is 19.4. The number of aryl methyl sites for hydroxylation is 1. The fourth-order valence-electron chi connectivity index (χ4n) is 2.62. The molecule has 0 amide bonds. The van der Waals surface area contributed by atoms with Gasteiger partial charge in [0.1, 0.15) is 0 Å². The highest BCUT2D eigenvalue weighted by Gasteiger charge is 2.26. The second-order valence-electron chi connectivity index (χ2n) is 6.01. The minimum absolute atomic E-state index is 0.214. The van der Waals surface area contributed by atoms with Gasteiger partial charge in [-0.1, -0.05) is 30.3 Å². The van der Waals surface area contributed by atoms with Gasteiger partial charge in [0.05, 0.1) is 18.7 Å². The van der Waals surface area contributed by atoms with Crippen LogP contribution in [-0.4, -0.2) is 35.5 Å². The van der Waals surface area contributed by atoms with Gasteiger partial charge in [-0.15, -0.1) is 0 Å². The lowest BCUT2D eigenvalue weighted by molar-refractivity contribution is -0.132. The summed E-state index contributed by atoms with van der Waals surface area (Å²) in [6, 6.07) is 10.0. The molecule has 0 fully saturated rings. The maximum atomic E-state index is 12.2. The van der Waals surface area contributed by atoms with Crippen molar-refractivity contribution in [3.05, 3.63) is 52.8 Å². The van der Waals surface area contributed by atoms with E-state index in [0.717, 1.165) is 22.5 Å². The van der Waals surface area contributed by atoms with Crippen molar-refractivity contribution in [2.75, 3.05) is 13.6 Å².